The lowest BCUT2D eigenvalue weighted by Crippen LogP contribution is -2.36. The minimum atomic E-state index is -0.414. The molecule has 3 aliphatic heterocycles. The van der Waals surface area contributed by atoms with Crippen LogP contribution in [0, 0.1) is 11.8 Å². The van der Waals surface area contributed by atoms with E-state index in [2.05, 4.69) is 12.2 Å². The van der Waals surface area contributed by atoms with Crippen LogP contribution in [0.4, 0.5) is 4.79 Å². The summed E-state index contributed by atoms with van der Waals surface area (Å²) in [6.45, 7) is 7.23. The predicted octanol–water partition coefficient (Wildman–Crippen LogP) is 1.81. The normalized spacial score (nSPS) is 38.6. The van der Waals surface area contributed by atoms with Crippen LogP contribution in [0.25, 0.3) is 0 Å². The Morgan fingerprint density at radius 1 is 1.24 bits per heavy atom. The molecule has 2 bridgehead atoms. The van der Waals surface area contributed by atoms with Crippen molar-refractivity contribution < 1.29 is 14.3 Å². The summed E-state index contributed by atoms with van der Waals surface area (Å²) < 4.78 is 11.2. The summed E-state index contributed by atoms with van der Waals surface area (Å²) in [6.07, 6.45) is 4.51. The topological polar surface area (TPSA) is 38.8 Å². The molecule has 3 rings (SSSR count). The Labute approximate surface area is 102 Å². The van der Waals surface area contributed by atoms with E-state index >= 15 is 0 Å². The average Bonchev–Trinajstić information content (AvgIpc) is 2.87. The molecule has 2 fully saturated rings. The lowest BCUT2D eigenvalue weighted by atomic mass is 9.86. The van der Waals surface area contributed by atoms with Crippen LogP contribution in [0.3, 0.4) is 0 Å². The monoisotopic (exact) mass is 237 g/mol. The second kappa shape index (κ2) is 3.48. The summed E-state index contributed by atoms with van der Waals surface area (Å²) in [5.41, 5.74) is -0.414. The van der Waals surface area contributed by atoms with Gasteiger partial charge in [-0.1, -0.05) is 12.2 Å². The highest BCUT2D eigenvalue weighted by molar-refractivity contribution is 5.68. The molecule has 0 N–H and O–H groups in total. The maximum atomic E-state index is 12.0. The number of fused-ring (bicyclic) bond motifs is 5. The number of hydrogen-bond donors (Lipinski definition) is 0. The molecule has 94 valence electrons. The molecule has 17 heavy (non-hydrogen) atoms. The number of amides is 1. The summed E-state index contributed by atoms with van der Waals surface area (Å²) in [4.78, 5) is 13.8. The first-order valence-corrected chi connectivity index (χ1v) is 6.26. The highest BCUT2D eigenvalue weighted by atomic mass is 16.6. The van der Waals surface area contributed by atoms with Crippen LogP contribution in [-0.4, -0.2) is 41.9 Å². The molecule has 4 atom stereocenters. The zero-order chi connectivity index (χ0) is 12.2. The van der Waals surface area contributed by atoms with Gasteiger partial charge in [0, 0.05) is 24.9 Å². The molecule has 3 heterocycles. The average molecular weight is 237 g/mol. The molecule has 0 spiro atoms. The Morgan fingerprint density at radius 3 is 2.24 bits per heavy atom. The molecule has 0 aromatic carbocycles. The minimum absolute atomic E-state index is 0.189. The lowest BCUT2D eigenvalue weighted by Gasteiger charge is -2.25. The van der Waals surface area contributed by atoms with Gasteiger partial charge in [0.15, 0.2) is 0 Å². The van der Waals surface area contributed by atoms with Gasteiger partial charge in [0.2, 0.25) is 0 Å². The number of ether oxygens (including phenoxy) is 2. The quantitative estimate of drug-likeness (QED) is 0.603. The van der Waals surface area contributed by atoms with Crippen LogP contribution < -0.4 is 0 Å². The Bertz CT molecular complexity index is 351. The zero-order valence-electron chi connectivity index (χ0n) is 10.6. The van der Waals surface area contributed by atoms with Gasteiger partial charge in [0.1, 0.15) is 5.60 Å². The van der Waals surface area contributed by atoms with E-state index in [1.54, 1.807) is 0 Å². The SMILES string of the molecule is CC(C)(C)OC(=O)N1C[C@H]2[C@H](C1)[C@H]1C=C[C@H]2O1. The molecule has 0 aliphatic carbocycles. The molecule has 1 amide bonds. The molecule has 4 nitrogen and oxygen atoms in total. The maximum Gasteiger partial charge on any atom is 0.410 e. The molecule has 2 saturated heterocycles. The third kappa shape index (κ3) is 1.84. The number of carbonyl (C=O) groups is 1. The van der Waals surface area contributed by atoms with Crippen molar-refractivity contribution in [1.82, 2.24) is 4.90 Å². The van der Waals surface area contributed by atoms with E-state index in [1.807, 2.05) is 25.7 Å². The first-order chi connectivity index (χ1) is 7.94. The van der Waals surface area contributed by atoms with Gasteiger partial charge in [-0.2, -0.15) is 0 Å². The van der Waals surface area contributed by atoms with Crippen LogP contribution in [-0.2, 0) is 9.47 Å². The Balaban J connectivity index is 1.64. The molecule has 3 aliphatic rings. The van der Waals surface area contributed by atoms with Crippen LogP contribution in [0.5, 0.6) is 0 Å². The van der Waals surface area contributed by atoms with E-state index in [-0.39, 0.29) is 18.3 Å². The van der Waals surface area contributed by atoms with E-state index in [1.165, 1.54) is 0 Å². The maximum absolute atomic E-state index is 12.0. The van der Waals surface area contributed by atoms with Crippen molar-refractivity contribution in [2.45, 2.75) is 38.6 Å². The van der Waals surface area contributed by atoms with Gasteiger partial charge in [-0.15, -0.1) is 0 Å². The van der Waals surface area contributed by atoms with Crippen LogP contribution in [0.15, 0.2) is 12.2 Å². The fourth-order valence-electron chi connectivity index (χ4n) is 3.00. The zero-order valence-corrected chi connectivity index (χ0v) is 10.6. The molecular weight excluding hydrogens is 218 g/mol. The predicted molar refractivity (Wildman–Crippen MR) is 62.6 cm³/mol. The number of carbonyl (C=O) groups excluding carboxylic acids is 1. The van der Waals surface area contributed by atoms with Gasteiger partial charge >= 0.3 is 6.09 Å². The fraction of sp³-hybridized carbons (Fsp3) is 0.769. The van der Waals surface area contributed by atoms with E-state index in [4.69, 9.17) is 9.47 Å². The minimum Gasteiger partial charge on any atom is -0.444 e. The van der Waals surface area contributed by atoms with Gasteiger partial charge in [-0.25, -0.2) is 4.79 Å². The standard InChI is InChI=1S/C13H19NO3/c1-13(2,3)17-12(15)14-6-8-9(7-14)11-5-4-10(8)16-11/h4-5,8-11H,6-7H2,1-3H3/t8-,9-,10+,11+/m0/s1. The van der Waals surface area contributed by atoms with Crippen molar-refractivity contribution in [2.24, 2.45) is 11.8 Å². The molecule has 0 aromatic heterocycles. The van der Waals surface area contributed by atoms with E-state index in [0.29, 0.717) is 11.8 Å². The third-order valence-electron chi connectivity index (χ3n) is 3.71. The first kappa shape index (κ1) is 11.1. The smallest absolute Gasteiger partial charge is 0.410 e. The van der Waals surface area contributed by atoms with E-state index < -0.39 is 5.60 Å². The fourth-order valence-corrected chi connectivity index (χ4v) is 3.00. The summed E-state index contributed by atoms with van der Waals surface area (Å²) in [6, 6.07) is 0. The summed E-state index contributed by atoms with van der Waals surface area (Å²) in [5.74, 6) is 0.940. The van der Waals surface area contributed by atoms with Crippen molar-refractivity contribution in [1.29, 1.82) is 0 Å². The van der Waals surface area contributed by atoms with Crippen molar-refractivity contribution >= 4 is 6.09 Å². The van der Waals surface area contributed by atoms with Crippen LogP contribution >= 0.6 is 0 Å². The summed E-state index contributed by atoms with van der Waals surface area (Å²) in [7, 11) is 0. The van der Waals surface area contributed by atoms with E-state index in [9.17, 15) is 4.79 Å². The molecule has 0 aromatic rings. The summed E-state index contributed by atoms with van der Waals surface area (Å²) >= 11 is 0. The number of likely N-dealkylation sites (tertiary alicyclic amines) is 1. The number of nitrogens with zero attached hydrogens (tertiary/aromatic N) is 1. The highest BCUT2D eigenvalue weighted by Crippen LogP contribution is 2.43. The third-order valence-corrected chi connectivity index (χ3v) is 3.71. The van der Waals surface area contributed by atoms with Crippen LogP contribution in [0.2, 0.25) is 0 Å². The largest absolute Gasteiger partial charge is 0.444 e. The van der Waals surface area contributed by atoms with Gasteiger partial charge in [0.25, 0.3) is 0 Å². The van der Waals surface area contributed by atoms with Gasteiger partial charge in [-0.05, 0) is 20.8 Å². The van der Waals surface area contributed by atoms with Crippen molar-refractivity contribution in [2.75, 3.05) is 13.1 Å². The second-order valence-corrected chi connectivity index (χ2v) is 6.16. The lowest BCUT2D eigenvalue weighted by molar-refractivity contribution is 0.0223. The van der Waals surface area contributed by atoms with E-state index in [0.717, 1.165) is 13.1 Å². The van der Waals surface area contributed by atoms with Crippen molar-refractivity contribution in [3.8, 4) is 0 Å². The Hall–Kier alpha value is -1.03. The molecule has 4 heteroatoms. The second-order valence-electron chi connectivity index (χ2n) is 6.16. The number of hydrogen-bond acceptors (Lipinski definition) is 3. The van der Waals surface area contributed by atoms with Gasteiger partial charge < -0.3 is 14.4 Å². The molecule has 0 unspecified atom stereocenters. The Kier molecular flexibility index (Phi) is 2.27. The van der Waals surface area contributed by atoms with Crippen LogP contribution in [0.1, 0.15) is 20.8 Å². The Morgan fingerprint density at radius 2 is 1.76 bits per heavy atom. The number of rotatable bonds is 0. The van der Waals surface area contributed by atoms with Gasteiger partial charge in [-0.3, -0.25) is 0 Å². The highest BCUT2D eigenvalue weighted by Gasteiger charge is 2.51. The van der Waals surface area contributed by atoms with Crippen molar-refractivity contribution in [3.05, 3.63) is 12.2 Å². The molecular formula is C13H19NO3. The molecule has 0 radical (unpaired) electrons. The van der Waals surface area contributed by atoms with Crippen molar-refractivity contribution in [3.63, 3.8) is 0 Å². The molecule has 0 saturated carbocycles. The van der Waals surface area contributed by atoms with Gasteiger partial charge in [0.05, 0.1) is 12.2 Å². The first-order valence-electron chi connectivity index (χ1n) is 6.26. The summed E-state index contributed by atoms with van der Waals surface area (Å²) in [5, 5.41) is 0.